The molecule has 1 aliphatic heterocycles. The lowest BCUT2D eigenvalue weighted by atomic mass is 9.96. The topological polar surface area (TPSA) is 28.5 Å². The lowest BCUT2D eigenvalue weighted by Crippen LogP contribution is -2.18. The normalized spacial score (nSPS) is 16.4. The van der Waals surface area contributed by atoms with E-state index in [0.717, 1.165) is 29.1 Å². The van der Waals surface area contributed by atoms with E-state index in [2.05, 4.69) is 82.8 Å². The Kier molecular flexibility index (Phi) is 4.13. The first-order valence-electron chi connectivity index (χ1n) is 9.61. The number of hydrogen-bond acceptors (Lipinski definition) is 3. The van der Waals surface area contributed by atoms with Crippen LogP contribution in [-0.2, 0) is 0 Å². The second-order valence-electron chi connectivity index (χ2n) is 7.24. The molecule has 0 aliphatic carbocycles. The Balaban J connectivity index is 1.58. The van der Waals surface area contributed by atoms with Crippen molar-refractivity contribution >= 4 is 22.2 Å². The van der Waals surface area contributed by atoms with Gasteiger partial charge in [0.15, 0.2) is 0 Å². The number of para-hydroxylation sites is 1. The van der Waals surface area contributed by atoms with Gasteiger partial charge in [0.25, 0.3) is 0 Å². The minimum Gasteiger partial charge on any atom is -0.261 e. The number of rotatable bonds is 3. The lowest BCUT2D eigenvalue weighted by Gasteiger charge is -2.24. The maximum atomic E-state index is 5.01. The van der Waals surface area contributed by atoms with Crippen LogP contribution in [-0.4, -0.2) is 10.7 Å². The van der Waals surface area contributed by atoms with Crippen LogP contribution >= 0.6 is 0 Å². The van der Waals surface area contributed by atoms with Gasteiger partial charge in [0.05, 0.1) is 17.4 Å². The maximum Gasteiger partial charge on any atom is 0.0832 e. The summed E-state index contributed by atoms with van der Waals surface area (Å²) in [7, 11) is 0. The van der Waals surface area contributed by atoms with Gasteiger partial charge in [-0.3, -0.25) is 9.99 Å². The fourth-order valence-electron chi connectivity index (χ4n) is 3.82. The summed E-state index contributed by atoms with van der Waals surface area (Å²) in [6.45, 7) is 2.01. The van der Waals surface area contributed by atoms with Gasteiger partial charge in [-0.1, -0.05) is 54.6 Å². The van der Waals surface area contributed by atoms with Crippen molar-refractivity contribution in [1.29, 1.82) is 0 Å². The lowest BCUT2D eigenvalue weighted by molar-refractivity contribution is 0.710. The molecule has 0 amide bonds. The molecule has 136 valence electrons. The fraction of sp³-hybridized carbons (Fsp3) is 0.120. The summed E-state index contributed by atoms with van der Waals surface area (Å²) >= 11 is 0. The summed E-state index contributed by atoms with van der Waals surface area (Å²) in [5.41, 5.74) is 5.58. The number of aromatic nitrogens is 1. The van der Waals surface area contributed by atoms with Crippen molar-refractivity contribution in [3.63, 3.8) is 0 Å². The van der Waals surface area contributed by atoms with Crippen molar-refractivity contribution in [3.8, 4) is 0 Å². The third kappa shape index (κ3) is 3.05. The first-order valence-corrected chi connectivity index (χ1v) is 9.61. The maximum absolute atomic E-state index is 5.01. The van der Waals surface area contributed by atoms with Crippen LogP contribution in [0.4, 0.5) is 5.69 Å². The summed E-state index contributed by atoms with van der Waals surface area (Å²) < 4.78 is 0. The summed E-state index contributed by atoms with van der Waals surface area (Å²) in [6, 6.07) is 30.0. The van der Waals surface area contributed by atoms with E-state index in [4.69, 9.17) is 5.10 Å². The van der Waals surface area contributed by atoms with Crippen LogP contribution < -0.4 is 5.01 Å². The van der Waals surface area contributed by atoms with Crippen LogP contribution in [0.3, 0.4) is 0 Å². The molecule has 1 aliphatic rings. The fourth-order valence-corrected chi connectivity index (χ4v) is 3.82. The number of fused-ring (bicyclic) bond motifs is 1. The monoisotopic (exact) mass is 363 g/mol. The third-order valence-corrected chi connectivity index (χ3v) is 5.33. The Morgan fingerprint density at radius 1 is 0.821 bits per heavy atom. The SMILES string of the molecule is Cc1ccc(C2=NN(c3ccccc3)C(c3ccc4ccccc4c3)C2)cn1. The number of benzene rings is 3. The van der Waals surface area contributed by atoms with Gasteiger partial charge in [-0.15, -0.1) is 0 Å². The second-order valence-corrected chi connectivity index (χ2v) is 7.24. The average Bonchev–Trinajstić information content (AvgIpc) is 3.20. The molecule has 0 spiro atoms. The summed E-state index contributed by atoms with van der Waals surface area (Å²) in [4.78, 5) is 4.46. The molecule has 0 saturated heterocycles. The number of pyridine rings is 1. The highest BCUT2D eigenvalue weighted by molar-refractivity contribution is 6.03. The zero-order valence-corrected chi connectivity index (χ0v) is 15.8. The average molecular weight is 363 g/mol. The van der Waals surface area contributed by atoms with Crippen molar-refractivity contribution in [2.75, 3.05) is 5.01 Å². The number of aryl methyl sites for hydroxylation is 1. The van der Waals surface area contributed by atoms with Gasteiger partial charge >= 0.3 is 0 Å². The van der Waals surface area contributed by atoms with Crippen LogP contribution in [0.1, 0.15) is 29.3 Å². The molecule has 0 bridgehead atoms. The van der Waals surface area contributed by atoms with Gasteiger partial charge in [0.1, 0.15) is 0 Å². The van der Waals surface area contributed by atoms with E-state index in [-0.39, 0.29) is 6.04 Å². The molecule has 0 radical (unpaired) electrons. The van der Waals surface area contributed by atoms with E-state index in [1.54, 1.807) is 0 Å². The molecule has 0 fully saturated rings. The molecule has 4 aromatic rings. The summed E-state index contributed by atoms with van der Waals surface area (Å²) in [5, 5.41) is 9.68. The number of nitrogens with zero attached hydrogens (tertiary/aromatic N) is 3. The summed E-state index contributed by atoms with van der Waals surface area (Å²) in [6.07, 6.45) is 2.79. The molecule has 0 N–H and O–H groups in total. The largest absolute Gasteiger partial charge is 0.261 e. The molecule has 3 heteroatoms. The number of hydrogen-bond donors (Lipinski definition) is 0. The highest BCUT2D eigenvalue weighted by Gasteiger charge is 2.30. The number of hydrazone groups is 1. The molecule has 1 unspecified atom stereocenters. The van der Waals surface area contributed by atoms with Gasteiger partial charge in [-0.2, -0.15) is 5.10 Å². The van der Waals surface area contributed by atoms with E-state index >= 15 is 0 Å². The van der Waals surface area contributed by atoms with Crippen molar-refractivity contribution in [1.82, 2.24) is 4.98 Å². The van der Waals surface area contributed by atoms with Crippen molar-refractivity contribution < 1.29 is 0 Å². The minimum atomic E-state index is 0.170. The molecule has 1 atom stereocenters. The first-order chi connectivity index (χ1) is 13.8. The van der Waals surface area contributed by atoms with Gasteiger partial charge in [0.2, 0.25) is 0 Å². The molecule has 28 heavy (non-hydrogen) atoms. The van der Waals surface area contributed by atoms with Crippen molar-refractivity contribution in [2.45, 2.75) is 19.4 Å². The minimum absolute atomic E-state index is 0.170. The quantitative estimate of drug-likeness (QED) is 0.453. The zero-order valence-electron chi connectivity index (χ0n) is 15.8. The van der Waals surface area contributed by atoms with Gasteiger partial charge in [-0.25, -0.2) is 0 Å². The Morgan fingerprint density at radius 3 is 2.39 bits per heavy atom. The third-order valence-electron chi connectivity index (χ3n) is 5.33. The van der Waals surface area contributed by atoms with Gasteiger partial charge in [0, 0.05) is 23.9 Å². The molecule has 2 heterocycles. The van der Waals surface area contributed by atoms with E-state index in [1.165, 1.54) is 16.3 Å². The molecular weight excluding hydrogens is 342 g/mol. The molecule has 3 aromatic carbocycles. The van der Waals surface area contributed by atoms with Crippen LogP contribution in [0.2, 0.25) is 0 Å². The Bertz CT molecular complexity index is 1150. The molecule has 1 aromatic heterocycles. The molecular formula is C25H21N3. The van der Waals surface area contributed by atoms with E-state index in [1.807, 2.05) is 25.3 Å². The van der Waals surface area contributed by atoms with Gasteiger partial charge in [-0.05, 0) is 53.6 Å². The highest BCUT2D eigenvalue weighted by atomic mass is 15.5. The molecule has 5 rings (SSSR count). The van der Waals surface area contributed by atoms with Crippen molar-refractivity contribution in [3.05, 3.63) is 108 Å². The predicted molar refractivity (Wildman–Crippen MR) is 116 cm³/mol. The second kappa shape index (κ2) is 6.93. The highest BCUT2D eigenvalue weighted by Crippen LogP contribution is 2.37. The smallest absolute Gasteiger partial charge is 0.0832 e. The van der Waals surface area contributed by atoms with E-state index in [9.17, 15) is 0 Å². The standard InChI is InChI=1S/C25H21N3/c1-18-11-12-22(17-26-18)24-16-25(28(27-24)23-9-3-2-4-10-23)21-14-13-19-7-5-6-8-20(19)15-21/h2-15,17,25H,16H2,1H3. The van der Waals surface area contributed by atoms with Crippen LogP contribution in [0.25, 0.3) is 10.8 Å². The van der Waals surface area contributed by atoms with Crippen LogP contribution in [0, 0.1) is 6.92 Å². The van der Waals surface area contributed by atoms with Crippen molar-refractivity contribution in [2.24, 2.45) is 5.10 Å². The first kappa shape index (κ1) is 16.7. The predicted octanol–water partition coefficient (Wildman–Crippen LogP) is 5.90. The summed E-state index contributed by atoms with van der Waals surface area (Å²) in [5.74, 6) is 0. The number of anilines is 1. The molecule has 0 saturated carbocycles. The Hall–Kier alpha value is -3.46. The Morgan fingerprint density at radius 2 is 1.61 bits per heavy atom. The molecule has 3 nitrogen and oxygen atoms in total. The van der Waals surface area contributed by atoms with Crippen LogP contribution in [0.5, 0.6) is 0 Å². The van der Waals surface area contributed by atoms with E-state index < -0.39 is 0 Å². The Labute approximate surface area is 165 Å². The zero-order chi connectivity index (χ0) is 18.9. The van der Waals surface area contributed by atoms with E-state index in [0.29, 0.717) is 0 Å². The van der Waals surface area contributed by atoms with Gasteiger partial charge < -0.3 is 0 Å². The van der Waals surface area contributed by atoms with Crippen LogP contribution in [0.15, 0.2) is 96.2 Å².